The minimum atomic E-state index is -3.56. The molecular weight excluding hydrogens is 322 g/mol. The monoisotopic (exact) mass is 347 g/mol. The van der Waals surface area contributed by atoms with Crippen molar-refractivity contribution in [1.29, 1.82) is 0 Å². The summed E-state index contributed by atoms with van der Waals surface area (Å²) in [5, 5.41) is 9.09. The number of nitrogens with one attached hydrogen (secondary N) is 1. The zero-order valence-electron chi connectivity index (χ0n) is 13.4. The first-order chi connectivity index (χ1) is 10.3. The van der Waals surface area contributed by atoms with Gasteiger partial charge >= 0.3 is 0 Å². The van der Waals surface area contributed by atoms with Crippen molar-refractivity contribution in [3.63, 3.8) is 0 Å². The number of thioether (sulfide) groups is 1. The molecule has 0 aliphatic rings. The Morgan fingerprint density at radius 2 is 1.95 bits per heavy atom. The molecule has 0 saturated carbocycles. The zero-order valence-corrected chi connectivity index (χ0v) is 15.1. The lowest BCUT2D eigenvalue weighted by molar-refractivity contribution is 0.0220. The molecule has 5 nitrogen and oxygen atoms in total. The minimum Gasteiger partial charge on any atom is -0.395 e. The summed E-state index contributed by atoms with van der Waals surface area (Å²) in [5.74, 6) is -0.183. The third-order valence-corrected chi connectivity index (χ3v) is 6.53. The number of rotatable bonds is 9. The number of sulfonamides is 1. The van der Waals surface area contributed by atoms with Gasteiger partial charge in [0.15, 0.2) is 0 Å². The van der Waals surface area contributed by atoms with Crippen molar-refractivity contribution in [1.82, 2.24) is 4.72 Å². The second-order valence-corrected chi connectivity index (χ2v) is 8.25. The molecule has 0 aromatic heterocycles. The lowest BCUT2D eigenvalue weighted by Gasteiger charge is -2.30. The van der Waals surface area contributed by atoms with Crippen molar-refractivity contribution < 1.29 is 18.3 Å². The second kappa shape index (κ2) is 8.31. The van der Waals surface area contributed by atoms with Gasteiger partial charge < -0.3 is 9.84 Å². The normalized spacial score (nSPS) is 17.7. The summed E-state index contributed by atoms with van der Waals surface area (Å²) in [4.78, 5) is 0. The van der Waals surface area contributed by atoms with E-state index in [9.17, 15) is 13.5 Å². The van der Waals surface area contributed by atoms with Gasteiger partial charge in [0.25, 0.3) is 0 Å². The highest BCUT2D eigenvalue weighted by Crippen LogP contribution is 2.26. The summed E-state index contributed by atoms with van der Waals surface area (Å²) >= 11 is 1.43. The lowest BCUT2D eigenvalue weighted by atomic mass is 9.98. The SMILES string of the molecule is COC(C)(CS(=O)(=O)NC(C)C(CO)SC)c1ccccc1. The molecule has 22 heavy (non-hydrogen) atoms. The molecule has 0 saturated heterocycles. The standard InChI is InChI=1S/C15H25NO4S2/c1-12(14(10-17)21-4)16-22(18,19)11-15(2,20-3)13-8-6-5-7-9-13/h5-9,12,14,16-17H,10-11H2,1-4H3. The maximum Gasteiger partial charge on any atom is 0.215 e. The molecule has 3 unspecified atom stereocenters. The molecule has 0 fully saturated rings. The van der Waals surface area contributed by atoms with Crippen molar-refractivity contribution in [3.8, 4) is 0 Å². The van der Waals surface area contributed by atoms with E-state index in [-0.39, 0.29) is 23.7 Å². The van der Waals surface area contributed by atoms with Gasteiger partial charge in [-0.1, -0.05) is 30.3 Å². The Balaban J connectivity index is 2.90. The summed E-state index contributed by atoms with van der Waals surface area (Å²) in [6.45, 7) is 3.43. The number of hydrogen-bond acceptors (Lipinski definition) is 5. The molecule has 1 aromatic rings. The van der Waals surface area contributed by atoms with E-state index in [4.69, 9.17) is 4.74 Å². The van der Waals surface area contributed by atoms with Crippen LogP contribution < -0.4 is 4.72 Å². The number of hydrogen-bond donors (Lipinski definition) is 2. The number of benzene rings is 1. The average Bonchev–Trinajstić information content (AvgIpc) is 2.48. The second-order valence-electron chi connectivity index (χ2n) is 5.42. The summed E-state index contributed by atoms with van der Waals surface area (Å²) in [6, 6.07) is 8.91. The van der Waals surface area contributed by atoms with Crippen molar-refractivity contribution in [2.24, 2.45) is 0 Å². The Morgan fingerprint density at radius 3 is 2.41 bits per heavy atom. The maximum absolute atomic E-state index is 12.4. The number of aliphatic hydroxyl groups excluding tert-OH is 1. The molecule has 0 amide bonds. The molecule has 0 radical (unpaired) electrons. The molecule has 0 aliphatic heterocycles. The largest absolute Gasteiger partial charge is 0.395 e. The van der Waals surface area contributed by atoms with Gasteiger partial charge in [-0.15, -0.1) is 0 Å². The smallest absolute Gasteiger partial charge is 0.215 e. The Morgan fingerprint density at radius 1 is 1.36 bits per heavy atom. The quantitative estimate of drug-likeness (QED) is 0.709. The summed E-state index contributed by atoms with van der Waals surface area (Å²) in [5.41, 5.74) is -0.125. The first-order valence-electron chi connectivity index (χ1n) is 7.02. The zero-order chi connectivity index (χ0) is 16.8. The van der Waals surface area contributed by atoms with Gasteiger partial charge in [0.05, 0.1) is 12.4 Å². The van der Waals surface area contributed by atoms with Crippen LogP contribution in [-0.4, -0.2) is 50.5 Å². The average molecular weight is 348 g/mol. The highest BCUT2D eigenvalue weighted by atomic mass is 32.2. The topological polar surface area (TPSA) is 75.6 Å². The fourth-order valence-electron chi connectivity index (χ4n) is 2.25. The van der Waals surface area contributed by atoms with Crippen LogP contribution in [0.3, 0.4) is 0 Å². The van der Waals surface area contributed by atoms with Crippen molar-refractivity contribution in [2.45, 2.75) is 30.7 Å². The van der Waals surface area contributed by atoms with E-state index >= 15 is 0 Å². The predicted octanol–water partition coefficient (Wildman–Crippen LogP) is 1.58. The van der Waals surface area contributed by atoms with Gasteiger partial charge in [0.2, 0.25) is 10.0 Å². The van der Waals surface area contributed by atoms with Gasteiger partial charge in [0, 0.05) is 18.4 Å². The number of ether oxygens (including phenoxy) is 1. The third-order valence-electron chi connectivity index (χ3n) is 3.71. The Hall–Kier alpha value is -0.600. The van der Waals surface area contributed by atoms with E-state index in [0.717, 1.165) is 5.56 Å². The minimum absolute atomic E-state index is 0.0783. The van der Waals surface area contributed by atoms with Crippen LogP contribution in [0.25, 0.3) is 0 Å². The van der Waals surface area contributed by atoms with Crippen LogP contribution in [0.15, 0.2) is 30.3 Å². The van der Waals surface area contributed by atoms with E-state index in [1.807, 2.05) is 36.6 Å². The molecule has 7 heteroatoms. The van der Waals surface area contributed by atoms with E-state index < -0.39 is 15.6 Å². The molecule has 1 aromatic carbocycles. The Kier molecular flexibility index (Phi) is 7.34. The highest BCUT2D eigenvalue weighted by Gasteiger charge is 2.34. The van der Waals surface area contributed by atoms with Crippen LogP contribution in [0.5, 0.6) is 0 Å². The van der Waals surface area contributed by atoms with Crippen LogP contribution in [0, 0.1) is 0 Å². The third kappa shape index (κ3) is 5.24. The van der Waals surface area contributed by atoms with E-state index in [0.29, 0.717) is 0 Å². The van der Waals surface area contributed by atoms with Gasteiger partial charge in [-0.2, -0.15) is 11.8 Å². The van der Waals surface area contributed by atoms with Gasteiger partial charge in [0.1, 0.15) is 5.60 Å². The van der Waals surface area contributed by atoms with Crippen LogP contribution in [0.1, 0.15) is 19.4 Å². The van der Waals surface area contributed by atoms with Gasteiger partial charge in [-0.3, -0.25) is 0 Å². The van der Waals surface area contributed by atoms with Crippen LogP contribution in [0.4, 0.5) is 0 Å². The predicted molar refractivity (Wildman–Crippen MR) is 91.6 cm³/mol. The molecule has 0 spiro atoms. The molecule has 0 aliphatic carbocycles. The summed E-state index contributed by atoms with van der Waals surface area (Å²) in [6.07, 6.45) is 1.84. The number of aliphatic hydroxyl groups is 1. The first kappa shape index (κ1) is 19.4. The van der Waals surface area contributed by atoms with Crippen LogP contribution >= 0.6 is 11.8 Å². The van der Waals surface area contributed by atoms with Crippen molar-refractivity contribution in [3.05, 3.63) is 35.9 Å². The fraction of sp³-hybridized carbons (Fsp3) is 0.600. The highest BCUT2D eigenvalue weighted by molar-refractivity contribution is 7.99. The Labute approximate surface area is 137 Å². The molecule has 0 bridgehead atoms. The summed E-state index contributed by atoms with van der Waals surface area (Å²) < 4.78 is 33.0. The van der Waals surface area contributed by atoms with Gasteiger partial charge in [-0.05, 0) is 25.7 Å². The fourth-order valence-corrected chi connectivity index (χ4v) is 4.79. The molecular formula is C15H25NO4S2. The van der Waals surface area contributed by atoms with Crippen molar-refractivity contribution in [2.75, 3.05) is 25.7 Å². The lowest BCUT2D eigenvalue weighted by Crippen LogP contribution is -2.46. The first-order valence-corrected chi connectivity index (χ1v) is 9.96. The molecule has 126 valence electrons. The van der Waals surface area contributed by atoms with Crippen molar-refractivity contribution >= 4 is 21.8 Å². The maximum atomic E-state index is 12.4. The van der Waals surface area contributed by atoms with E-state index in [1.54, 1.807) is 13.8 Å². The molecule has 2 N–H and O–H groups in total. The Bertz CT molecular complexity index is 546. The van der Waals surface area contributed by atoms with E-state index in [1.165, 1.54) is 18.9 Å². The van der Waals surface area contributed by atoms with E-state index in [2.05, 4.69) is 4.72 Å². The van der Waals surface area contributed by atoms with Crippen LogP contribution in [-0.2, 0) is 20.4 Å². The number of methoxy groups -OCH3 is 1. The molecule has 0 heterocycles. The summed E-state index contributed by atoms with van der Waals surface area (Å²) in [7, 11) is -2.06. The molecule has 1 rings (SSSR count). The molecule has 3 atom stereocenters. The van der Waals surface area contributed by atoms with Gasteiger partial charge in [-0.25, -0.2) is 13.1 Å². The van der Waals surface area contributed by atoms with Crippen LogP contribution in [0.2, 0.25) is 0 Å².